The topological polar surface area (TPSA) is 98.0 Å². The normalized spacial score (nSPS) is 16.5. The average molecular weight is 322 g/mol. The molecule has 0 radical (unpaired) electrons. The molecule has 120 valence electrons. The summed E-state index contributed by atoms with van der Waals surface area (Å²) in [4.78, 5) is 18.4. The van der Waals surface area contributed by atoms with Gasteiger partial charge < -0.3 is 14.7 Å². The van der Waals surface area contributed by atoms with E-state index >= 15 is 0 Å². The number of hydrogen-bond donors (Lipinski definition) is 2. The van der Waals surface area contributed by atoms with Gasteiger partial charge >= 0.3 is 0 Å². The molecule has 0 aliphatic carbocycles. The van der Waals surface area contributed by atoms with Gasteiger partial charge in [0.15, 0.2) is 0 Å². The second-order valence-electron chi connectivity index (χ2n) is 5.21. The smallest absolute Gasteiger partial charge is 0.227 e. The van der Waals surface area contributed by atoms with Crippen molar-refractivity contribution in [2.45, 2.75) is 13.0 Å². The fourth-order valence-electron chi connectivity index (χ4n) is 2.26. The molecule has 0 saturated carbocycles. The van der Waals surface area contributed by atoms with Crippen LogP contribution in [0.25, 0.3) is 22.8 Å². The summed E-state index contributed by atoms with van der Waals surface area (Å²) in [5.74, 6) is 0.478. The highest BCUT2D eigenvalue weighted by Gasteiger charge is 2.16. The SMILES string of the molecule is CC1NOC=C1Nc1nccc(-c2cccc(-c3ccon3)n2)n1. The van der Waals surface area contributed by atoms with Crippen molar-refractivity contribution in [1.29, 1.82) is 0 Å². The lowest BCUT2D eigenvalue weighted by molar-refractivity contribution is 0.146. The second kappa shape index (κ2) is 6.09. The molecule has 1 atom stereocenters. The quantitative estimate of drug-likeness (QED) is 0.755. The van der Waals surface area contributed by atoms with E-state index in [9.17, 15) is 0 Å². The Morgan fingerprint density at radius 1 is 1.04 bits per heavy atom. The molecule has 0 spiro atoms. The van der Waals surface area contributed by atoms with Gasteiger partial charge in [-0.25, -0.2) is 15.0 Å². The summed E-state index contributed by atoms with van der Waals surface area (Å²) in [6, 6.07) is 9.28. The third-order valence-electron chi connectivity index (χ3n) is 3.52. The number of rotatable bonds is 4. The first-order valence-corrected chi connectivity index (χ1v) is 7.39. The summed E-state index contributed by atoms with van der Waals surface area (Å²) in [7, 11) is 0. The van der Waals surface area contributed by atoms with Crippen LogP contribution in [0.3, 0.4) is 0 Å². The van der Waals surface area contributed by atoms with Crippen LogP contribution in [0.4, 0.5) is 5.95 Å². The molecule has 8 nitrogen and oxygen atoms in total. The van der Waals surface area contributed by atoms with E-state index in [0.29, 0.717) is 17.3 Å². The van der Waals surface area contributed by atoms with Gasteiger partial charge in [-0.15, -0.1) is 5.48 Å². The van der Waals surface area contributed by atoms with Crippen molar-refractivity contribution in [3.05, 3.63) is 54.8 Å². The number of nitrogens with one attached hydrogen (secondary N) is 2. The highest BCUT2D eigenvalue weighted by molar-refractivity contribution is 5.62. The minimum Gasteiger partial charge on any atom is -0.414 e. The summed E-state index contributed by atoms with van der Waals surface area (Å²) >= 11 is 0. The molecular formula is C16H14N6O2. The number of nitrogens with zero attached hydrogens (tertiary/aromatic N) is 4. The molecule has 0 saturated heterocycles. The van der Waals surface area contributed by atoms with Crippen LogP contribution < -0.4 is 10.8 Å². The van der Waals surface area contributed by atoms with Gasteiger partial charge in [0.05, 0.1) is 28.8 Å². The second-order valence-corrected chi connectivity index (χ2v) is 5.21. The maximum absolute atomic E-state index is 5.06. The number of hydrogen-bond acceptors (Lipinski definition) is 8. The molecule has 0 aromatic carbocycles. The first-order valence-electron chi connectivity index (χ1n) is 7.39. The lowest BCUT2D eigenvalue weighted by Crippen LogP contribution is -2.23. The minimum absolute atomic E-state index is 0.0471. The van der Waals surface area contributed by atoms with Gasteiger partial charge in [0, 0.05) is 12.3 Å². The Balaban J connectivity index is 1.63. The van der Waals surface area contributed by atoms with Crippen molar-refractivity contribution >= 4 is 5.95 Å². The maximum atomic E-state index is 5.06. The lowest BCUT2D eigenvalue weighted by Gasteiger charge is -2.09. The molecule has 24 heavy (non-hydrogen) atoms. The molecule has 2 N–H and O–H groups in total. The monoisotopic (exact) mass is 322 g/mol. The van der Waals surface area contributed by atoms with E-state index in [-0.39, 0.29) is 6.04 Å². The van der Waals surface area contributed by atoms with E-state index in [1.54, 1.807) is 24.6 Å². The molecule has 0 amide bonds. The Morgan fingerprint density at radius 2 is 1.88 bits per heavy atom. The summed E-state index contributed by atoms with van der Waals surface area (Å²) in [6.07, 6.45) is 4.80. The van der Waals surface area contributed by atoms with Crippen LogP contribution in [-0.4, -0.2) is 26.2 Å². The molecule has 0 fully saturated rings. The highest BCUT2D eigenvalue weighted by Crippen LogP contribution is 2.21. The first kappa shape index (κ1) is 14.3. The zero-order valence-corrected chi connectivity index (χ0v) is 12.8. The third kappa shape index (κ3) is 2.82. The predicted molar refractivity (Wildman–Crippen MR) is 86.1 cm³/mol. The zero-order valence-electron chi connectivity index (χ0n) is 12.8. The molecule has 3 aromatic rings. The third-order valence-corrected chi connectivity index (χ3v) is 3.52. The fourth-order valence-corrected chi connectivity index (χ4v) is 2.26. The largest absolute Gasteiger partial charge is 0.414 e. The van der Waals surface area contributed by atoms with Gasteiger partial charge in [-0.05, 0) is 25.1 Å². The zero-order chi connectivity index (χ0) is 16.4. The Kier molecular flexibility index (Phi) is 3.64. The summed E-state index contributed by atoms with van der Waals surface area (Å²) < 4.78 is 4.87. The van der Waals surface area contributed by atoms with E-state index in [4.69, 9.17) is 9.36 Å². The van der Waals surface area contributed by atoms with Gasteiger partial charge in [-0.2, -0.15) is 0 Å². The Morgan fingerprint density at radius 3 is 2.62 bits per heavy atom. The molecule has 1 aliphatic rings. The lowest BCUT2D eigenvalue weighted by atomic mass is 10.2. The standard InChI is InChI=1S/C16H14N6O2/c1-10-15(9-24-21-10)20-16-17-7-5-13(19-16)11-3-2-4-12(18-11)14-6-8-23-22-14/h2-10,21H,1H3,(H,17,19,20). The van der Waals surface area contributed by atoms with Gasteiger partial charge in [0.2, 0.25) is 5.95 Å². The Bertz CT molecular complexity index is 878. The van der Waals surface area contributed by atoms with Crippen molar-refractivity contribution in [2.24, 2.45) is 0 Å². The summed E-state index contributed by atoms with van der Waals surface area (Å²) in [6.45, 7) is 1.97. The number of anilines is 1. The summed E-state index contributed by atoms with van der Waals surface area (Å²) in [5.41, 5.74) is 6.51. The van der Waals surface area contributed by atoms with Crippen LogP contribution in [0, 0.1) is 0 Å². The van der Waals surface area contributed by atoms with Crippen molar-refractivity contribution in [2.75, 3.05) is 5.32 Å². The van der Waals surface area contributed by atoms with E-state index in [1.165, 1.54) is 6.26 Å². The summed E-state index contributed by atoms with van der Waals surface area (Å²) in [5, 5.41) is 7.04. The van der Waals surface area contributed by atoms with Crippen molar-refractivity contribution < 1.29 is 9.36 Å². The van der Waals surface area contributed by atoms with Crippen LogP contribution in [0.1, 0.15) is 6.92 Å². The van der Waals surface area contributed by atoms with Gasteiger partial charge in [0.1, 0.15) is 18.2 Å². The molecule has 3 aromatic heterocycles. The Hall–Kier alpha value is -3.26. The first-order chi connectivity index (χ1) is 11.8. The van der Waals surface area contributed by atoms with Crippen LogP contribution in [0.2, 0.25) is 0 Å². The van der Waals surface area contributed by atoms with Crippen molar-refractivity contribution in [3.8, 4) is 22.8 Å². The molecule has 1 unspecified atom stereocenters. The molecular weight excluding hydrogens is 308 g/mol. The van der Waals surface area contributed by atoms with Gasteiger partial charge in [-0.3, -0.25) is 0 Å². The number of hydroxylamine groups is 1. The Labute approximate surface area is 137 Å². The van der Waals surface area contributed by atoms with Crippen LogP contribution in [-0.2, 0) is 4.84 Å². The van der Waals surface area contributed by atoms with Crippen LogP contribution in [0.15, 0.2) is 59.3 Å². The van der Waals surface area contributed by atoms with Crippen LogP contribution >= 0.6 is 0 Å². The van der Waals surface area contributed by atoms with E-state index in [2.05, 4.69) is 30.9 Å². The number of aromatic nitrogens is 4. The average Bonchev–Trinajstić information content (AvgIpc) is 3.28. The molecule has 4 rings (SSSR count). The van der Waals surface area contributed by atoms with E-state index in [1.807, 2.05) is 25.1 Å². The minimum atomic E-state index is 0.0471. The fraction of sp³-hybridized carbons (Fsp3) is 0.125. The van der Waals surface area contributed by atoms with Crippen LogP contribution in [0.5, 0.6) is 0 Å². The molecule has 0 bridgehead atoms. The molecule has 1 aliphatic heterocycles. The number of pyridine rings is 1. The predicted octanol–water partition coefficient (Wildman–Crippen LogP) is 2.37. The molecule has 4 heterocycles. The van der Waals surface area contributed by atoms with Crippen molar-refractivity contribution in [1.82, 2.24) is 25.6 Å². The van der Waals surface area contributed by atoms with Crippen molar-refractivity contribution in [3.63, 3.8) is 0 Å². The molecule has 8 heteroatoms. The maximum Gasteiger partial charge on any atom is 0.227 e. The van der Waals surface area contributed by atoms with Gasteiger partial charge in [0.25, 0.3) is 0 Å². The van der Waals surface area contributed by atoms with Gasteiger partial charge in [-0.1, -0.05) is 11.2 Å². The van der Waals surface area contributed by atoms with E-state index < -0.39 is 0 Å². The van der Waals surface area contributed by atoms with E-state index in [0.717, 1.165) is 17.1 Å². The highest BCUT2D eigenvalue weighted by atomic mass is 16.6.